The van der Waals surface area contributed by atoms with E-state index in [1.807, 2.05) is 0 Å². The molecule has 0 saturated heterocycles. The molecule has 0 bridgehead atoms. The number of hydrogen-bond donors (Lipinski definition) is 0. The molecule has 0 aliphatic rings. The molecule has 0 atom stereocenters. The summed E-state index contributed by atoms with van der Waals surface area (Å²) in [7, 11) is 0. The van der Waals surface area contributed by atoms with Crippen molar-refractivity contribution in [1.29, 1.82) is 0 Å². The van der Waals surface area contributed by atoms with Crippen LogP contribution in [0.5, 0.6) is 0 Å². The van der Waals surface area contributed by atoms with Crippen molar-refractivity contribution in [3.8, 4) is 0 Å². The highest BCUT2D eigenvalue weighted by molar-refractivity contribution is 4.76. The summed E-state index contributed by atoms with van der Waals surface area (Å²) in [5.74, 6) is 0. The Morgan fingerprint density at radius 3 is 2.36 bits per heavy atom. The quantitative estimate of drug-likeness (QED) is 0.657. The Labute approximate surface area is 126 Å². The van der Waals surface area contributed by atoms with E-state index < -0.39 is 23.8 Å². The summed E-state index contributed by atoms with van der Waals surface area (Å²) in [6.45, 7) is 2.23. The second-order valence-electron chi connectivity index (χ2n) is 5.27. The van der Waals surface area contributed by atoms with Crippen molar-refractivity contribution in [2.45, 2.75) is 71.1 Å². The van der Waals surface area contributed by atoms with E-state index in [1.165, 1.54) is 0 Å². The molecule has 0 aliphatic carbocycles. The van der Waals surface area contributed by atoms with E-state index in [0.717, 1.165) is 41.1 Å². The minimum absolute atomic E-state index is 0.144. The van der Waals surface area contributed by atoms with Gasteiger partial charge in [0.1, 0.15) is 6.20 Å². The van der Waals surface area contributed by atoms with Crippen LogP contribution in [-0.4, -0.2) is 20.5 Å². The summed E-state index contributed by atoms with van der Waals surface area (Å²) < 4.78 is 38.3. The first kappa shape index (κ1) is 18.4. The molecule has 5 nitrogen and oxygen atoms in total. The molecule has 0 fully saturated rings. The summed E-state index contributed by atoms with van der Waals surface area (Å²) in [5.41, 5.74) is -1.14. The third-order valence-corrected chi connectivity index (χ3v) is 3.34. The number of aromatic nitrogens is 3. The van der Waals surface area contributed by atoms with E-state index in [1.54, 1.807) is 0 Å². The molecule has 1 aromatic heterocycles. The largest absolute Gasteiger partial charge is 0.389 e. The number of alkyl halides is 3. The SMILES string of the molecule is CCCCCCCn1c(=O)cnn(CCCC(F)(F)F)c1=O. The predicted octanol–water partition coefficient (Wildman–Crippen LogP) is 2.72. The molecule has 1 aromatic rings. The van der Waals surface area contributed by atoms with Crippen LogP contribution in [-0.2, 0) is 13.1 Å². The smallest absolute Gasteiger partial charge is 0.267 e. The third kappa shape index (κ3) is 6.44. The van der Waals surface area contributed by atoms with Crippen LogP contribution in [0, 0.1) is 0 Å². The molecular formula is C14H22F3N3O2. The van der Waals surface area contributed by atoms with Crippen LogP contribution in [0.1, 0.15) is 51.9 Å². The summed E-state index contributed by atoms with van der Waals surface area (Å²) in [5, 5.41) is 3.62. The van der Waals surface area contributed by atoms with Crippen LogP contribution >= 0.6 is 0 Å². The normalized spacial score (nSPS) is 11.8. The van der Waals surface area contributed by atoms with Crippen LogP contribution < -0.4 is 11.2 Å². The van der Waals surface area contributed by atoms with E-state index in [-0.39, 0.29) is 19.5 Å². The maximum Gasteiger partial charge on any atom is 0.389 e. The Morgan fingerprint density at radius 1 is 1.05 bits per heavy atom. The molecule has 22 heavy (non-hydrogen) atoms. The minimum Gasteiger partial charge on any atom is -0.267 e. The van der Waals surface area contributed by atoms with Gasteiger partial charge in [0.05, 0.1) is 0 Å². The topological polar surface area (TPSA) is 56.9 Å². The Balaban J connectivity index is 2.64. The van der Waals surface area contributed by atoms with E-state index in [9.17, 15) is 22.8 Å². The van der Waals surface area contributed by atoms with Crippen molar-refractivity contribution in [3.63, 3.8) is 0 Å². The molecule has 1 heterocycles. The van der Waals surface area contributed by atoms with Gasteiger partial charge in [-0.1, -0.05) is 32.6 Å². The average molecular weight is 321 g/mol. The van der Waals surface area contributed by atoms with Gasteiger partial charge in [0.2, 0.25) is 0 Å². The number of nitrogens with zero attached hydrogens (tertiary/aromatic N) is 3. The lowest BCUT2D eigenvalue weighted by Gasteiger charge is -2.09. The van der Waals surface area contributed by atoms with Gasteiger partial charge < -0.3 is 0 Å². The minimum atomic E-state index is -4.25. The fraction of sp³-hybridized carbons (Fsp3) is 0.786. The molecule has 126 valence electrons. The van der Waals surface area contributed by atoms with Gasteiger partial charge in [-0.25, -0.2) is 9.48 Å². The second kappa shape index (κ2) is 8.75. The standard InChI is InChI=1S/C14H22F3N3O2/c1-2-3-4-5-6-9-19-12(21)11-18-20(13(19)22)10-7-8-14(15,16)17/h11H,2-10H2,1H3. The van der Waals surface area contributed by atoms with Crippen LogP contribution in [0.25, 0.3) is 0 Å². The van der Waals surface area contributed by atoms with Gasteiger partial charge in [-0.2, -0.15) is 18.3 Å². The predicted molar refractivity (Wildman–Crippen MR) is 76.8 cm³/mol. The van der Waals surface area contributed by atoms with Crippen LogP contribution in [0.4, 0.5) is 13.2 Å². The second-order valence-corrected chi connectivity index (χ2v) is 5.27. The van der Waals surface area contributed by atoms with Crippen molar-refractivity contribution >= 4 is 0 Å². The fourth-order valence-electron chi connectivity index (χ4n) is 2.13. The van der Waals surface area contributed by atoms with Gasteiger partial charge in [-0.3, -0.25) is 9.36 Å². The zero-order chi connectivity index (χ0) is 16.6. The van der Waals surface area contributed by atoms with E-state index in [4.69, 9.17) is 0 Å². The van der Waals surface area contributed by atoms with Crippen molar-refractivity contribution < 1.29 is 13.2 Å². The first-order valence-corrected chi connectivity index (χ1v) is 7.59. The van der Waals surface area contributed by atoms with Gasteiger partial charge in [0, 0.05) is 19.5 Å². The highest BCUT2D eigenvalue weighted by atomic mass is 19.4. The maximum absolute atomic E-state index is 12.1. The van der Waals surface area contributed by atoms with E-state index in [2.05, 4.69) is 12.0 Å². The zero-order valence-electron chi connectivity index (χ0n) is 12.7. The summed E-state index contributed by atoms with van der Waals surface area (Å²) in [6.07, 6.45) is 0.378. The monoisotopic (exact) mass is 321 g/mol. The molecule has 0 unspecified atom stereocenters. The number of hydrogen-bond acceptors (Lipinski definition) is 3. The van der Waals surface area contributed by atoms with Crippen LogP contribution in [0.3, 0.4) is 0 Å². The summed E-state index contributed by atoms with van der Waals surface area (Å²) >= 11 is 0. The lowest BCUT2D eigenvalue weighted by atomic mass is 10.1. The van der Waals surface area contributed by atoms with Gasteiger partial charge in [0.15, 0.2) is 0 Å². The van der Waals surface area contributed by atoms with Crippen molar-refractivity contribution in [3.05, 3.63) is 27.0 Å². The fourth-order valence-corrected chi connectivity index (χ4v) is 2.13. The number of rotatable bonds is 9. The molecule has 0 radical (unpaired) electrons. The van der Waals surface area contributed by atoms with Gasteiger partial charge in [-0.15, -0.1) is 0 Å². The van der Waals surface area contributed by atoms with E-state index in [0.29, 0.717) is 6.42 Å². The highest BCUT2D eigenvalue weighted by Crippen LogP contribution is 2.21. The summed E-state index contributed by atoms with van der Waals surface area (Å²) in [4.78, 5) is 23.7. The Bertz CT molecular complexity index is 564. The number of halogens is 3. The lowest BCUT2D eigenvalue weighted by molar-refractivity contribution is -0.136. The summed E-state index contributed by atoms with van der Waals surface area (Å²) in [6, 6.07) is 0. The van der Waals surface area contributed by atoms with E-state index >= 15 is 0 Å². The molecule has 1 rings (SSSR count). The molecule has 0 N–H and O–H groups in total. The molecule has 0 aromatic carbocycles. The molecule has 0 aliphatic heterocycles. The van der Waals surface area contributed by atoms with Gasteiger partial charge >= 0.3 is 11.9 Å². The van der Waals surface area contributed by atoms with Crippen molar-refractivity contribution in [2.24, 2.45) is 0 Å². The molecular weight excluding hydrogens is 299 g/mol. The zero-order valence-corrected chi connectivity index (χ0v) is 12.7. The van der Waals surface area contributed by atoms with Crippen LogP contribution in [0.15, 0.2) is 15.8 Å². The Morgan fingerprint density at radius 2 is 1.73 bits per heavy atom. The molecule has 0 saturated carbocycles. The van der Waals surface area contributed by atoms with Crippen LogP contribution in [0.2, 0.25) is 0 Å². The lowest BCUT2D eigenvalue weighted by Crippen LogP contribution is -2.41. The van der Waals surface area contributed by atoms with Gasteiger partial charge in [0.25, 0.3) is 5.56 Å². The average Bonchev–Trinajstić information content (AvgIpc) is 2.43. The third-order valence-electron chi connectivity index (χ3n) is 3.34. The van der Waals surface area contributed by atoms with Gasteiger partial charge in [-0.05, 0) is 12.8 Å². The first-order valence-electron chi connectivity index (χ1n) is 7.59. The molecule has 8 heteroatoms. The molecule has 0 spiro atoms. The molecule has 0 amide bonds. The number of unbranched alkanes of at least 4 members (excludes halogenated alkanes) is 4. The first-order chi connectivity index (χ1) is 10.3. The number of aryl methyl sites for hydroxylation is 1. The van der Waals surface area contributed by atoms with Crippen molar-refractivity contribution in [2.75, 3.05) is 0 Å². The Kier molecular flexibility index (Phi) is 7.34. The Hall–Kier alpha value is -1.60. The highest BCUT2D eigenvalue weighted by Gasteiger charge is 2.26. The van der Waals surface area contributed by atoms with Crippen molar-refractivity contribution in [1.82, 2.24) is 14.3 Å². The maximum atomic E-state index is 12.1.